The van der Waals surface area contributed by atoms with Gasteiger partial charge in [0.25, 0.3) is 0 Å². The zero-order chi connectivity index (χ0) is 18.6. The summed E-state index contributed by atoms with van der Waals surface area (Å²) >= 11 is 0. The van der Waals surface area contributed by atoms with Crippen molar-refractivity contribution in [2.45, 2.75) is 50.9 Å². The molecule has 3 nitrogen and oxygen atoms in total. The zero-order valence-corrected chi connectivity index (χ0v) is 15.7. The SMILES string of the molecule is O=C(C1CCCC1)N1CCC(c2cccc(Cc3cccc(F)c3)n2)CC1. The van der Waals surface area contributed by atoms with Crippen LogP contribution in [0, 0.1) is 11.7 Å². The average molecular weight is 366 g/mol. The standard InChI is InChI=1S/C23H27FN2O/c24-20-8-3-5-17(15-20)16-21-9-4-10-22(25-21)18-11-13-26(14-12-18)23(27)19-6-1-2-7-19/h3-5,8-10,15,18-19H,1-2,6-7,11-14,16H2. The van der Waals surface area contributed by atoms with Gasteiger partial charge < -0.3 is 4.90 Å². The van der Waals surface area contributed by atoms with E-state index >= 15 is 0 Å². The van der Waals surface area contributed by atoms with Gasteiger partial charge in [-0.1, -0.05) is 31.0 Å². The van der Waals surface area contributed by atoms with E-state index in [0.29, 0.717) is 18.2 Å². The van der Waals surface area contributed by atoms with Crippen LogP contribution < -0.4 is 0 Å². The summed E-state index contributed by atoms with van der Waals surface area (Å²) in [6.07, 6.45) is 7.16. The van der Waals surface area contributed by atoms with Crippen LogP contribution in [-0.4, -0.2) is 28.9 Å². The van der Waals surface area contributed by atoms with E-state index in [0.717, 1.165) is 55.7 Å². The Morgan fingerprint density at radius 2 is 1.78 bits per heavy atom. The lowest BCUT2D eigenvalue weighted by atomic mass is 9.91. The van der Waals surface area contributed by atoms with Crippen LogP contribution in [0.15, 0.2) is 42.5 Å². The predicted octanol–water partition coefficient (Wildman–Crippen LogP) is 4.71. The van der Waals surface area contributed by atoms with E-state index in [4.69, 9.17) is 4.98 Å². The molecule has 2 fully saturated rings. The van der Waals surface area contributed by atoms with Gasteiger partial charge in [-0.3, -0.25) is 9.78 Å². The number of aromatic nitrogens is 1. The van der Waals surface area contributed by atoms with Crippen LogP contribution in [-0.2, 0) is 11.2 Å². The van der Waals surface area contributed by atoms with Gasteiger partial charge in [0.15, 0.2) is 0 Å². The number of piperidine rings is 1. The fraction of sp³-hybridized carbons (Fsp3) is 0.478. The molecule has 0 N–H and O–H groups in total. The van der Waals surface area contributed by atoms with Gasteiger partial charge in [-0.15, -0.1) is 0 Å². The molecule has 2 aliphatic rings. The number of pyridine rings is 1. The van der Waals surface area contributed by atoms with Gasteiger partial charge in [-0.05, 0) is 55.5 Å². The second-order valence-electron chi connectivity index (χ2n) is 7.94. The van der Waals surface area contributed by atoms with Gasteiger partial charge in [0, 0.05) is 42.7 Å². The molecule has 1 saturated heterocycles. The van der Waals surface area contributed by atoms with Crippen molar-refractivity contribution in [3.8, 4) is 0 Å². The summed E-state index contributed by atoms with van der Waals surface area (Å²) in [7, 11) is 0. The second-order valence-corrected chi connectivity index (χ2v) is 7.94. The number of amides is 1. The minimum atomic E-state index is -0.206. The first-order chi connectivity index (χ1) is 13.2. The maximum atomic E-state index is 13.4. The first-order valence-electron chi connectivity index (χ1n) is 10.2. The Morgan fingerprint density at radius 1 is 1.04 bits per heavy atom. The molecular weight excluding hydrogens is 339 g/mol. The third kappa shape index (κ3) is 4.37. The molecule has 1 aromatic carbocycles. The molecule has 2 aromatic rings. The number of nitrogens with zero attached hydrogens (tertiary/aromatic N) is 2. The van der Waals surface area contributed by atoms with E-state index < -0.39 is 0 Å². The lowest BCUT2D eigenvalue weighted by Gasteiger charge is -2.33. The van der Waals surface area contributed by atoms with Crippen LogP contribution in [0.5, 0.6) is 0 Å². The van der Waals surface area contributed by atoms with E-state index in [2.05, 4.69) is 11.0 Å². The molecule has 0 atom stereocenters. The summed E-state index contributed by atoms with van der Waals surface area (Å²) in [5.74, 6) is 0.848. The Hall–Kier alpha value is -2.23. The fourth-order valence-corrected chi connectivity index (χ4v) is 4.51. The lowest BCUT2D eigenvalue weighted by Crippen LogP contribution is -2.40. The van der Waals surface area contributed by atoms with Crippen molar-refractivity contribution < 1.29 is 9.18 Å². The number of carbonyl (C=O) groups is 1. The van der Waals surface area contributed by atoms with Crippen LogP contribution in [0.25, 0.3) is 0 Å². The van der Waals surface area contributed by atoms with Gasteiger partial charge in [-0.2, -0.15) is 0 Å². The molecule has 1 amide bonds. The van der Waals surface area contributed by atoms with Crippen molar-refractivity contribution in [3.05, 3.63) is 65.2 Å². The summed E-state index contributed by atoms with van der Waals surface area (Å²) < 4.78 is 13.4. The Kier molecular flexibility index (Phi) is 5.51. The van der Waals surface area contributed by atoms with E-state index in [9.17, 15) is 9.18 Å². The van der Waals surface area contributed by atoms with Gasteiger partial charge in [-0.25, -0.2) is 4.39 Å². The molecule has 0 unspecified atom stereocenters. The molecule has 142 valence electrons. The van der Waals surface area contributed by atoms with Gasteiger partial charge >= 0.3 is 0 Å². The maximum Gasteiger partial charge on any atom is 0.225 e. The first kappa shape index (κ1) is 18.1. The smallest absolute Gasteiger partial charge is 0.225 e. The molecule has 1 aliphatic carbocycles. The molecule has 1 saturated carbocycles. The Labute approximate surface area is 160 Å². The molecule has 4 rings (SSSR count). The Morgan fingerprint density at radius 3 is 2.52 bits per heavy atom. The quantitative estimate of drug-likeness (QED) is 0.785. The third-order valence-electron chi connectivity index (χ3n) is 6.03. The van der Waals surface area contributed by atoms with E-state index in [1.165, 1.54) is 18.9 Å². The predicted molar refractivity (Wildman–Crippen MR) is 104 cm³/mol. The summed E-state index contributed by atoms with van der Waals surface area (Å²) in [5, 5.41) is 0. The largest absolute Gasteiger partial charge is 0.342 e. The molecule has 4 heteroatoms. The first-order valence-corrected chi connectivity index (χ1v) is 10.2. The Bertz CT molecular complexity index is 792. The number of likely N-dealkylation sites (tertiary alicyclic amines) is 1. The molecule has 2 heterocycles. The van der Waals surface area contributed by atoms with Crippen molar-refractivity contribution in [2.24, 2.45) is 5.92 Å². The Balaban J connectivity index is 1.37. The van der Waals surface area contributed by atoms with E-state index in [-0.39, 0.29) is 11.7 Å². The number of benzene rings is 1. The second kappa shape index (κ2) is 8.20. The average Bonchev–Trinajstić information content (AvgIpc) is 3.23. The van der Waals surface area contributed by atoms with Crippen LogP contribution >= 0.6 is 0 Å². The van der Waals surface area contributed by atoms with Crippen molar-refractivity contribution in [1.29, 1.82) is 0 Å². The molecular formula is C23H27FN2O. The van der Waals surface area contributed by atoms with Crippen LogP contribution in [0.1, 0.15) is 61.4 Å². The van der Waals surface area contributed by atoms with E-state index in [1.807, 2.05) is 18.2 Å². The molecule has 1 aliphatic heterocycles. The van der Waals surface area contributed by atoms with Crippen LogP contribution in [0.4, 0.5) is 4.39 Å². The normalized spacial score (nSPS) is 18.8. The van der Waals surface area contributed by atoms with Crippen molar-refractivity contribution in [1.82, 2.24) is 9.88 Å². The summed E-state index contributed by atoms with van der Waals surface area (Å²) in [6, 6.07) is 12.9. The van der Waals surface area contributed by atoms with E-state index in [1.54, 1.807) is 12.1 Å². The summed E-state index contributed by atoms with van der Waals surface area (Å²) in [6.45, 7) is 1.69. The third-order valence-corrected chi connectivity index (χ3v) is 6.03. The summed E-state index contributed by atoms with van der Waals surface area (Å²) in [4.78, 5) is 19.5. The number of hydrogen-bond donors (Lipinski definition) is 0. The fourth-order valence-electron chi connectivity index (χ4n) is 4.51. The minimum Gasteiger partial charge on any atom is -0.342 e. The van der Waals surface area contributed by atoms with Gasteiger partial charge in [0.1, 0.15) is 5.82 Å². The molecule has 1 aromatic heterocycles. The molecule has 0 radical (unpaired) electrons. The van der Waals surface area contributed by atoms with Crippen molar-refractivity contribution >= 4 is 5.91 Å². The molecule has 0 spiro atoms. The molecule has 27 heavy (non-hydrogen) atoms. The van der Waals surface area contributed by atoms with Crippen molar-refractivity contribution in [2.75, 3.05) is 13.1 Å². The topological polar surface area (TPSA) is 33.2 Å². The highest BCUT2D eigenvalue weighted by atomic mass is 19.1. The summed E-state index contributed by atoms with van der Waals surface area (Å²) in [5.41, 5.74) is 3.02. The number of halogens is 1. The number of carbonyl (C=O) groups excluding carboxylic acids is 1. The lowest BCUT2D eigenvalue weighted by molar-refractivity contribution is -0.136. The number of hydrogen-bond acceptors (Lipinski definition) is 2. The van der Waals surface area contributed by atoms with Crippen LogP contribution in [0.3, 0.4) is 0 Å². The minimum absolute atomic E-state index is 0.206. The zero-order valence-electron chi connectivity index (χ0n) is 15.7. The highest BCUT2D eigenvalue weighted by Gasteiger charge is 2.30. The van der Waals surface area contributed by atoms with Gasteiger partial charge in [0.2, 0.25) is 5.91 Å². The van der Waals surface area contributed by atoms with Crippen LogP contribution in [0.2, 0.25) is 0 Å². The van der Waals surface area contributed by atoms with Gasteiger partial charge in [0.05, 0.1) is 0 Å². The maximum absolute atomic E-state index is 13.4. The highest BCUT2D eigenvalue weighted by molar-refractivity contribution is 5.79. The monoisotopic (exact) mass is 366 g/mol. The highest BCUT2D eigenvalue weighted by Crippen LogP contribution is 2.31. The number of rotatable bonds is 4. The molecule has 0 bridgehead atoms. The van der Waals surface area contributed by atoms with Crippen molar-refractivity contribution in [3.63, 3.8) is 0 Å².